The maximum absolute atomic E-state index is 11.9. The minimum absolute atomic E-state index is 0.0591. The summed E-state index contributed by atoms with van der Waals surface area (Å²) in [6.07, 6.45) is 5.35. The monoisotopic (exact) mass is 579 g/mol. The van der Waals surface area contributed by atoms with Crippen LogP contribution in [0.3, 0.4) is 0 Å². The number of aryl methyl sites for hydroxylation is 2. The van der Waals surface area contributed by atoms with Crippen molar-refractivity contribution in [3.8, 4) is 28.5 Å². The Morgan fingerprint density at radius 3 is 2.63 bits per heavy atom. The van der Waals surface area contributed by atoms with E-state index in [4.69, 9.17) is 18.9 Å². The predicted molar refractivity (Wildman–Crippen MR) is 157 cm³/mol. The fourth-order valence-corrected chi connectivity index (χ4v) is 6.50. The first-order valence-electron chi connectivity index (χ1n) is 14.1. The number of ether oxygens (including phenoxy) is 4. The van der Waals surface area contributed by atoms with Crippen LogP contribution in [0.15, 0.2) is 42.6 Å². The molecule has 1 aliphatic carbocycles. The summed E-state index contributed by atoms with van der Waals surface area (Å²) < 4.78 is 46.0. The van der Waals surface area contributed by atoms with Gasteiger partial charge in [0.05, 0.1) is 32.0 Å². The van der Waals surface area contributed by atoms with Gasteiger partial charge >= 0.3 is 5.97 Å². The molecule has 218 valence electrons. The van der Waals surface area contributed by atoms with Crippen molar-refractivity contribution in [3.63, 3.8) is 0 Å². The van der Waals surface area contributed by atoms with Crippen LogP contribution < -0.4 is 14.2 Å². The van der Waals surface area contributed by atoms with Crippen LogP contribution in [0, 0.1) is 13.8 Å². The standard InChI is InChI=1S/C32H37NO7S/c1-5-37-31(34)16-22-19-39-29-17-30(33-18-27(22)29)40-28-11-10-24-25(28)8-6-9-26(24)32-20(2)14-23(15-21(32)3)38-12-7-13-41(4,35)36/h6,8-9,14-15,17-18,22,28H,5,7,10-13,16,19H2,1-4H3/t22-,28?/m1/s1. The molecule has 2 heterocycles. The molecule has 5 rings (SSSR count). The van der Waals surface area contributed by atoms with Crippen molar-refractivity contribution in [1.82, 2.24) is 4.98 Å². The van der Waals surface area contributed by atoms with Gasteiger partial charge in [-0.3, -0.25) is 4.79 Å². The van der Waals surface area contributed by atoms with Gasteiger partial charge in [-0.25, -0.2) is 13.4 Å². The van der Waals surface area contributed by atoms with E-state index in [1.807, 2.05) is 18.2 Å². The fraction of sp³-hybridized carbons (Fsp3) is 0.438. The summed E-state index contributed by atoms with van der Waals surface area (Å²) in [4.78, 5) is 16.5. The van der Waals surface area contributed by atoms with Crippen LogP contribution >= 0.6 is 0 Å². The summed E-state index contributed by atoms with van der Waals surface area (Å²) in [6.45, 7) is 7.11. The highest BCUT2D eigenvalue weighted by Crippen LogP contribution is 2.43. The average molecular weight is 580 g/mol. The lowest BCUT2D eigenvalue weighted by Crippen LogP contribution is -2.11. The number of hydrogen-bond donors (Lipinski definition) is 0. The number of rotatable bonds is 11. The van der Waals surface area contributed by atoms with Gasteiger partial charge in [-0.15, -0.1) is 0 Å². The molecule has 0 saturated carbocycles. The second-order valence-electron chi connectivity index (χ2n) is 10.9. The van der Waals surface area contributed by atoms with Crippen molar-refractivity contribution in [2.24, 2.45) is 0 Å². The van der Waals surface area contributed by atoms with Gasteiger partial charge in [0.15, 0.2) is 0 Å². The smallest absolute Gasteiger partial charge is 0.306 e. The maximum Gasteiger partial charge on any atom is 0.306 e. The SMILES string of the molecule is CCOC(=O)C[C@@H]1COc2cc(OC3CCc4c(-c5c(C)cc(OCCCS(C)(=O)=O)cc5C)cccc43)ncc21. The largest absolute Gasteiger partial charge is 0.494 e. The molecule has 9 heteroatoms. The second-order valence-corrected chi connectivity index (χ2v) is 13.1. The van der Waals surface area contributed by atoms with E-state index in [0.717, 1.165) is 40.8 Å². The first kappa shape index (κ1) is 28.9. The number of hydrogen-bond acceptors (Lipinski definition) is 8. The van der Waals surface area contributed by atoms with Crippen LogP contribution in [0.25, 0.3) is 11.1 Å². The molecule has 1 aliphatic heterocycles. The Bertz CT molecular complexity index is 1530. The second kappa shape index (κ2) is 12.1. The number of carbonyl (C=O) groups is 1. The number of aromatic nitrogens is 1. The molecule has 2 aromatic carbocycles. The Labute approximate surface area is 241 Å². The van der Waals surface area contributed by atoms with E-state index in [1.54, 1.807) is 13.1 Å². The molecular weight excluding hydrogens is 542 g/mol. The zero-order valence-electron chi connectivity index (χ0n) is 24.1. The maximum atomic E-state index is 11.9. The van der Waals surface area contributed by atoms with Gasteiger partial charge < -0.3 is 18.9 Å². The molecule has 3 aromatic rings. The lowest BCUT2D eigenvalue weighted by atomic mass is 9.90. The zero-order chi connectivity index (χ0) is 29.1. The van der Waals surface area contributed by atoms with Crippen molar-refractivity contribution in [2.75, 3.05) is 31.8 Å². The summed E-state index contributed by atoms with van der Waals surface area (Å²) in [7, 11) is -2.99. The van der Waals surface area contributed by atoms with Gasteiger partial charge in [0.1, 0.15) is 27.4 Å². The third-order valence-corrected chi connectivity index (χ3v) is 8.68. The molecule has 2 aliphatic rings. The topological polar surface area (TPSA) is 101 Å². The molecule has 0 radical (unpaired) electrons. The van der Waals surface area contributed by atoms with E-state index < -0.39 is 9.84 Å². The molecule has 0 saturated heterocycles. The van der Waals surface area contributed by atoms with Crippen molar-refractivity contribution < 1.29 is 32.2 Å². The van der Waals surface area contributed by atoms with Crippen molar-refractivity contribution in [2.45, 2.75) is 58.5 Å². The Kier molecular flexibility index (Phi) is 8.54. The highest BCUT2D eigenvalue weighted by molar-refractivity contribution is 7.90. The third kappa shape index (κ3) is 6.67. The minimum Gasteiger partial charge on any atom is -0.494 e. The van der Waals surface area contributed by atoms with Gasteiger partial charge in [0, 0.05) is 30.0 Å². The van der Waals surface area contributed by atoms with Crippen molar-refractivity contribution >= 4 is 15.8 Å². The number of benzene rings is 2. The Morgan fingerprint density at radius 2 is 1.90 bits per heavy atom. The zero-order valence-corrected chi connectivity index (χ0v) is 24.9. The molecule has 0 bridgehead atoms. The first-order chi connectivity index (χ1) is 19.6. The first-order valence-corrected chi connectivity index (χ1v) is 16.2. The fourth-order valence-electron chi connectivity index (χ4n) is 5.86. The number of fused-ring (bicyclic) bond motifs is 2. The predicted octanol–water partition coefficient (Wildman–Crippen LogP) is 5.67. The van der Waals surface area contributed by atoms with Crippen molar-refractivity contribution in [1.29, 1.82) is 0 Å². The Balaban J connectivity index is 1.30. The quantitative estimate of drug-likeness (QED) is 0.211. The minimum atomic E-state index is -2.99. The molecule has 0 amide bonds. The molecule has 41 heavy (non-hydrogen) atoms. The van der Waals surface area contributed by atoms with Gasteiger partial charge in [-0.2, -0.15) is 0 Å². The van der Waals surface area contributed by atoms with Crippen LogP contribution in [-0.4, -0.2) is 51.2 Å². The molecular formula is C32H37NO7S. The summed E-state index contributed by atoms with van der Waals surface area (Å²) in [6, 6.07) is 12.2. The number of sulfone groups is 1. The number of carbonyl (C=O) groups excluding carboxylic acids is 1. The van der Waals surface area contributed by atoms with E-state index in [-0.39, 0.29) is 30.2 Å². The average Bonchev–Trinajstić information content (AvgIpc) is 3.50. The normalized spacial score (nSPS) is 17.5. The van der Waals surface area contributed by atoms with Crippen LogP contribution in [0.5, 0.6) is 17.4 Å². The van der Waals surface area contributed by atoms with E-state index >= 15 is 0 Å². The van der Waals surface area contributed by atoms with Gasteiger partial charge in [-0.05, 0) is 85.5 Å². The van der Waals surface area contributed by atoms with Crippen LogP contribution in [0.2, 0.25) is 0 Å². The molecule has 0 N–H and O–H groups in total. The van der Waals surface area contributed by atoms with Gasteiger partial charge in [0.2, 0.25) is 5.88 Å². The Hall–Kier alpha value is -3.59. The molecule has 8 nitrogen and oxygen atoms in total. The number of esters is 1. The summed E-state index contributed by atoms with van der Waals surface area (Å²) in [5, 5.41) is 0. The van der Waals surface area contributed by atoms with Crippen LogP contribution in [-0.2, 0) is 25.8 Å². The van der Waals surface area contributed by atoms with Crippen LogP contribution in [0.1, 0.15) is 66.0 Å². The number of nitrogens with zero attached hydrogens (tertiary/aromatic N) is 1. The lowest BCUT2D eigenvalue weighted by molar-refractivity contribution is -0.143. The van der Waals surface area contributed by atoms with Gasteiger partial charge in [-0.1, -0.05) is 18.2 Å². The van der Waals surface area contributed by atoms with Crippen LogP contribution in [0.4, 0.5) is 0 Å². The summed E-state index contributed by atoms with van der Waals surface area (Å²) in [5.41, 5.74) is 7.94. The van der Waals surface area contributed by atoms with E-state index in [9.17, 15) is 13.2 Å². The highest BCUT2D eigenvalue weighted by atomic mass is 32.2. The molecule has 0 spiro atoms. The van der Waals surface area contributed by atoms with E-state index in [2.05, 4.69) is 37.0 Å². The number of pyridine rings is 1. The summed E-state index contributed by atoms with van der Waals surface area (Å²) >= 11 is 0. The third-order valence-electron chi connectivity index (χ3n) is 7.65. The van der Waals surface area contributed by atoms with E-state index in [1.165, 1.54) is 22.9 Å². The Morgan fingerprint density at radius 1 is 1.12 bits per heavy atom. The van der Waals surface area contributed by atoms with E-state index in [0.29, 0.717) is 37.9 Å². The lowest BCUT2D eigenvalue weighted by Gasteiger charge is -2.18. The highest BCUT2D eigenvalue weighted by Gasteiger charge is 2.31. The molecule has 1 aromatic heterocycles. The molecule has 2 atom stereocenters. The summed E-state index contributed by atoms with van der Waals surface area (Å²) in [5.74, 6) is 1.79. The van der Waals surface area contributed by atoms with Gasteiger partial charge in [0.25, 0.3) is 0 Å². The molecule has 0 fully saturated rings. The van der Waals surface area contributed by atoms with Crippen molar-refractivity contribution in [3.05, 3.63) is 70.4 Å². The molecule has 1 unspecified atom stereocenters.